The Hall–Kier alpha value is -0.720. The van der Waals surface area contributed by atoms with Crippen LogP contribution in [0.5, 0.6) is 0 Å². The van der Waals surface area contributed by atoms with Crippen LogP contribution in [-0.2, 0) is 10.0 Å². The molecule has 3 rings (SSSR count). The lowest BCUT2D eigenvalue weighted by molar-refractivity contribution is 0.471. The zero-order valence-electron chi connectivity index (χ0n) is 9.71. The lowest BCUT2D eigenvalue weighted by Gasteiger charge is -2.17. The van der Waals surface area contributed by atoms with Crippen molar-refractivity contribution in [1.82, 2.24) is 14.7 Å². The molecule has 98 valence electrons. The standard InChI is InChI=1S/C11H14ClN3O2S/c12-11-13-5-9(6-14-11)18(16,17)15-10(7-1-2-7)8-3-4-8/h5-8,10,15H,1-4H2. The second-order valence-electron chi connectivity index (χ2n) is 5.01. The van der Waals surface area contributed by atoms with Gasteiger partial charge in [-0.2, -0.15) is 0 Å². The average Bonchev–Trinajstić information content (AvgIpc) is 3.18. The lowest BCUT2D eigenvalue weighted by Crippen LogP contribution is -2.38. The molecule has 2 fully saturated rings. The van der Waals surface area contributed by atoms with Crippen LogP contribution >= 0.6 is 11.6 Å². The highest BCUT2D eigenvalue weighted by atomic mass is 35.5. The Morgan fingerprint density at radius 2 is 1.67 bits per heavy atom. The van der Waals surface area contributed by atoms with Gasteiger partial charge in [0.2, 0.25) is 15.3 Å². The van der Waals surface area contributed by atoms with Gasteiger partial charge in [0.05, 0.1) is 12.4 Å². The highest BCUT2D eigenvalue weighted by Crippen LogP contribution is 2.45. The van der Waals surface area contributed by atoms with Gasteiger partial charge in [-0.25, -0.2) is 23.1 Å². The minimum absolute atomic E-state index is 0.0508. The van der Waals surface area contributed by atoms with Gasteiger partial charge in [0, 0.05) is 6.04 Å². The van der Waals surface area contributed by atoms with E-state index in [-0.39, 0.29) is 16.2 Å². The van der Waals surface area contributed by atoms with Crippen LogP contribution in [0.1, 0.15) is 25.7 Å². The number of halogens is 1. The van der Waals surface area contributed by atoms with E-state index in [1.165, 1.54) is 12.4 Å². The van der Waals surface area contributed by atoms with E-state index in [0.29, 0.717) is 11.8 Å². The van der Waals surface area contributed by atoms with Crippen molar-refractivity contribution in [3.63, 3.8) is 0 Å². The molecule has 2 aliphatic carbocycles. The fourth-order valence-electron chi connectivity index (χ4n) is 2.17. The predicted molar refractivity (Wildman–Crippen MR) is 66.6 cm³/mol. The van der Waals surface area contributed by atoms with Gasteiger partial charge in [-0.1, -0.05) is 0 Å². The molecule has 0 aromatic carbocycles. The highest BCUT2D eigenvalue weighted by molar-refractivity contribution is 7.89. The van der Waals surface area contributed by atoms with E-state index in [1.807, 2.05) is 0 Å². The van der Waals surface area contributed by atoms with Crippen LogP contribution in [0.2, 0.25) is 5.28 Å². The van der Waals surface area contributed by atoms with Crippen molar-refractivity contribution < 1.29 is 8.42 Å². The molecule has 7 heteroatoms. The van der Waals surface area contributed by atoms with Crippen LogP contribution in [0.25, 0.3) is 0 Å². The average molecular weight is 288 g/mol. The number of nitrogens with one attached hydrogen (secondary N) is 1. The second-order valence-corrected chi connectivity index (χ2v) is 7.06. The summed E-state index contributed by atoms with van der Waals surface area (Å²) in [5.41, 5.74) is 0. The first kappa shape index (κ1) is 12.3. The molecule has 0 spiro atoms. The predicted octanol–water partition coefficient (Wildman–Crippen LogP) is 1.60. The molecule has 2 saturated carbocycles. The number of sulfonamides is 1. The van der Waals surface area contributed by atoms with Crippen molar-refractivity contribution in [1.29, 1.82) is 0 Å². The van der Waals surface area contributed by atoms with E-state index >= 15 is 0 Å². The lowest BCUT2D eigenvalue weighted by atomic mass is 10.1. The third-order valence-corrected chi connectivity index (χ3v) is 5.07. The van der Waals surface area contributed by atoms with Crippen LogP contribution in [0.3, 0.4) is 0 Å². The van der Waals surface area contributed by atoms with E-state index in [2.05, 4.69) is 14.7 Å². The third-order valence-electron chi connectivity index (χ3n) is 3.46. The monoisotopic (exact) mass is 287 g/mol. The van der Waals surface area contributed by atoms with Gasteiger partial charge >= 0.3 is 0 Å². The first-order chi connectivity index (χ1) is 8.56. The van der Waals surface area contributed by atoms with E-state index in [0.717, 1.165) is 25.7 Å². The maximum Gasteiger partial charge on any atom is 0.243 e. The molecule has 0 unspecified atom stereocenters. The molecule has 0 atom stereocenters. The van der Waals surface area contributed by atoms with Crippen LogP contribution in [0, 0.1) is 11.8 Å². The van der Waals surface area contributed by atoms with Gasteiger partial charge in [0.15, 0.2) is 0 Å². The van der Waals surface area contributed by atoms with E-state index in [4.69, 9.17) is 11.6 Å². The van der Waals surface area contributed by atoms with Crippen molar-refractivity contribution >= 4 is 21.6 Å². The summed E-state index contributed by atoms with van der Waals surface area (Å²) in [6.07, 6.45) is 6.99. The van der Waals surface area contributed by atoms with E-state index in [1.54, 1.807) is 0 Å². The number of hydrogen-bond acceptors (Lipinski definition) is 4. The quantitative estimate of drug-likeness (QED) is 0.835. The normalized spacial score (nSPS) is 20.3. The topological polar surface area (TPSA) is 72.0 Å². The first-order valence-corrected chi connectivity index (χ1v) is 7.92. The fraction of sp³-hybridized carbons (Fsp3) is 0.636. The summed E-state index contributed by atoms with van der Waals surface area (Å²) in [6.45, 7) is 0. The van der Waals surface area contributed by atoms with Gasteiger partial charge < -0.3 is 0 Å². The molecule has 0 radical (unpaired) electrons. The van der Waals surface area contributed by atoms with Crippen LogP contribution in [0.15, 0.2) is 17.3 Å². The molecule has 1 N–H and O–H groups in total. The van der Waals surface area contributed by atoms with Crippen LogP contribution < -0.4 is 4.72 Å². The molecule has 5 nitrogen and oxygen atoms in total. The molecule has 1 heterocycles. The van der Waals surface area contributed by atoms with Gasteiger partial charge in [0.1, 0.15) is 4.90 Å². The Bertz CT molecular complexity index is 526. The maximum atomic E-state index is 12.2. The van der Waals surface area contributed by atoms with Crippen LogP contribution in [-0.4, -0.2) is 24.4 Å². The number of nitrogens with zero attached hydrogens (tertiary/aromatic N) is 2. The molecular weight excluding hydrogens is 274 g/mol. The Labute approximate surface area is 111 Å². The molecule has 18 heavy (non-hydrogen) atoms. The molecule has 2 aliphatic rings. The van der Waals surface area contributed by atoms with Crippen LogP contribution in [0.4, 0.5) is 0 Å². The first-order valence-electron chi connectivity index (χ1n) is 6.06. The number of hydrogen-bond donors (Lipinski definition) is 1. The van der Waals surface area contributed by atoms with Gasteiger partial charge in [0.25, 0.3) is 0 Å². The smallest absolute Gasteiger partial charge is 0.225 e. The zero-order valence-corrected chi connectivity index (χ0v) is 11.3. The maximum absolute atomic E-state index is 12.2. The molecule has 1 aromatic heterocycles. The molecule has 0 aliphatic heterocycles. The molecule has 0 amide bonds. The number of aromatic nitrogens is 2. The Morgan fingerprint density at radius 3 is 2.11 bits per heavy atom. The van der Waals surface area contributed by atoms with Gasteiger partial charge in [-0.05, 0) is 49.1 Å². The zero-order chi connectivity index (χ0) is 12.8. The summed E-state index contributed by atoms with van der Waals surface area (Å²) in [5.74, 6) is 1.03. The van der Waals surface area contributed by atoms with Crippen molar-refractivity contribution in [2.75, 3.05) is 0 Å². The third kappa shape index (κ3) is 2.65. The largest absolute Gasteiger partial charge is 0.243 e. The van der Waals surface area contributed by atoms with Gasteiger partial charge in [-0.15, -0.1) is 0 Å². The van der Waals surface area contributed by atoms with Crippen molar-refractivity contribution in [3.8, 4) is 0 Å². The summed E-state index contributed by atoms with van der Waals surface area (Å²) in [5, 5.41) is 0.0508. The summed E-state index contributed by atoms with van der Waals surface area (Å²) >= 11 is 5.55. The highest BCUT2D eigenvalue weighted by Gasteiger charge is 2.43. The Morgan fingerprint density at radius 1 is 1.17 bits per heavy atom. The summed E-state index contributed by atoms with van der Waals surface area (Å²) in [4.78, 5) is 7.50. The van der Waals surface area contributed by atoms with Crippen molar-refractivity contribution in [2.24, 2.45) is 11.8 Å². The fourth-order valence-corrected chi connectivity index (χ4v) is 3.53. The number of rotatable bonds is 5. The SMILES string of the molecule is O=S(=O)(NC(C1CC1)C1CC1)c1cnc(Cl)nc1. The summed E-state index contributed by atoms with van der Waals surface area (Å²) in [7, 11) is -3.52. The van der Waals surface area contributed by atoms with Crippen molar-refractivity contribution in [3.05, 3.63) is 17.7 Å². The van der Waals surface area contributed by atoms with Crippen molar-refractivity contribution in [2.45, 2.75) is 36.6 Å². The minimum atomic E-state index is -3.52. The van der Waals surface area contributed by atoms with E-state index < -0.39 is 10.0 Å². The van der Waals surface area contributed by atoms with Gasteiger partial charge in [-0.3, -0.25) is 0 Å². The summed E-state index contributed by atoms with van der Waals surface area (Å²) in [6, 6.07) is 0.0886. The minimum Gasteiger partial charge on any atom is -0.225 e. The molecule has 1 aromatic rings. The Balaban J connectivity index is 1.78. The molecule has 0 bridgehead atoms. The summed E-state index contributed by atoms with van der Waals surface area (Å²) < 4.78 is 27.2. The second kappa shape index (κ2) is 4.43. The Kier molecular flexibility index (Phi) is 3.03. The van der Waals surface area contributed by atoms with E-state index in [9.17, 15) is 8.42 Å². The molecular formula is C11H14ClN3O2S. The molecule has 0 saturated heterocycles.